The van der Waals surface area contributed by atoms with E-state index in [1.165, 1.54) is 0 Å². The summed E-state index contributed by atoms with van der Waals surface area (Å²) in [6, 6.07) is 0. The van der Waals surface area contributed by atoms with Crippen LogP contribution in [-0.2, 0) is 19.8 Å². The monoisotopic (exact) mass is 184 g/mol. The Morgan fingerprint density at radius 1 is 1.60 bits per heavy atom. The molecule has 4 nitrogen and oxygen atoms in total. The van der Waals surface area contributed by atoms with Gasteiger partial charge in [0.1, 0.15) is 0 Å². The number of methoxy groups -OCH3 is 1. The van der Waals surface area contributed by atoms with Gasteiger partial charge >= 0.3 is 5.97 Å². The van der Waals surface area contributed by atoms with Gasteiger partial charge in [-0.05, 0) is 0 Å². The molecular weight excluding hydrogens is 180 g/mol. The quantitative estimate of drug-likeness (QED) is 0.328. The molecule has 0 amide bonds. The average molecular weight is 185 g/mol. The predicted octanol–water partition coefficient (Wildman–Crippen LogP) is -0.550. The molecule has 0 saturated carbocycles. The van der Waals surface area contributed by atoms with Crippen LogP contribution in [0.25, 0.3) is 0 Å². The van der Waals surface area contributed by atoms with Gasteiger partial charge in [-0.2, -0.15) is 8.42 Å². The van der Waals surface area contributed by atoms with Crippen molar-refractivity contribution in [1.82, 2.24) is 0 Å². The third-order valence-electron chi connectivity index (χ3n) is 0.736. The van der Waals surface area contributed by atoms with Crippen molar-refractivity contribution in [3.63, 3.8) is 0 Å². The van der Waals surface area contributed by atoms with Crippen molar-refractivity contribution in [2.75, 3.05) is 13.0 Å². The first-order chi connectivity index (χ1) is 4.63. The zero-order chi connectivity index (χ0) is 8.15. The van der Waals surface area contributed by atoms with E-state index in [-0.39, 0.29) is 5.88 Å². The van der Waals surface area contributed by atoms with Gasteiger partial charge in [0.15, 0.2) is 4.86 Å². The number of hydrogen-bond acceptors (Lipinski definition) is 4. The second-order valence-electron chi connectivity index (χ2n) is 1.28. The molecule has 0 fully saturated rings. The highest BCUT2D eigenvalue weighted by molar-refractivity contribution is 7.75. The summed E-state index contributed by atoms with van der Waals surface area (Å²) in [6.07, 6.45) is 0. The molecule has 0 heterocycles. The molecule has 0 aromatic rings. The number of ether oxygens (including phenoxy) is 1. The minimum absolute atomic E-state index is 0.358. The van der Waals surface area contributed by atoms with Crippen molar-refractivity contribution in [2.24, 2.45) is 0 Å². The zero-order valence-corrected chi connectivity index (χ0v) is 6.70. The summed E-state index contributed by atoms with van der Waals surface area (Å²) in [5.41, 5.74) is 0. The fourth-order valence-electron chi connectivity index (χ4n) is 0.281. The Balaban J connectivity index is 4.73. The number of esters is 1. The van der Waals surface area contributed by atoms with Crippen LogP contribution in [0.5, 0.6) is 0 Å². The van der Waals surface area contributed by atoms with Gasteiger partial charge in [-0.1, -0.05) is 0 Å². The molecule has 0 aliphatic rings. The lowest BCUT2D eigenvalue weighted by atomic mass is 10.5. The maximum atomic E-state index is 10.4. The Kier molecular flexibility index (Phi) is 4.06. The van der Waals surface area contributed by atoms with Crippen molar-refractivity contribution >= 4 is 32.7 Å². The SMILES string of the molecule is COC(=O)C(CCl)=S(=O)=O. The Bertz CT molecular complexity index is 244. The topological polar surface area (TPSA) is 60.4 Å². The first-order valence-corrected chi connectivity index (χ1v) is 3.83. The van der Waals surface area contributed by atoms with E-state index in [2.05, 4.69) is 4.74 Å². The van der Waals surface area contributed by atoms with E-state index in [1.807, 2.05) is 0 Å². The fourth-order valence-corrected chi connectivity index (χ4v) is 0.966. The molecule has 0 radical (unpaired) electrons. The molecule has 0 aromatic carbocycles. The van der Waals surface area contributed by atoms with Crippen molar-refractivity contribution in [2.45, 2.75) is 0 Å². The van der Waals surface area contributed by atoms with Crippen LogP contribution in [0.3, 0.4) is 0 Å². The van der Waals surface area contributed by atoms with E-state index in [9.17, 15) is 13.2 Å². The van der Waals surface area contributed by atoms with Crippen LogP contribution >= 0.6 is 11.6 Å². The number of hydrogen-bond donors (Lipinski definition) is 0. The summed E-state index contributed by atoms with van der Waals surface area (Å²) >= 11 is 5.11. The van der Waals surface area contributed by atoms with Gasteiger partial charge in [0, 0.05) is 0 Å². The van der Waals surface area contributed by atoms with Crippen LogP contribution < -0.4 is 0 Å². The summed E-state index contributed by atoms with van der Waals surface area (Å²) in [6.45, 7) is 0. The molecule has 0 atom stereocenters. The van der Waals surface area contributed by atoms with Gasteiger partial charge in [0.2, 0.25) is 10.3 Å². The molecular formula is C4H5ClO4S. The summed E-state index contributed by atoms with van der Waals surface area (Å²) in [5.74, 6) is -1.27. The minimum Gasteiger partial charge on any atom is -0.465 e. The molecule has 0 saturated heterocycles. The molecule has 6 heteroatoms. The van der Waals surface area contributed by atoms with Crippen LogP contribution in [-0.4, -0.2) is 32.2 Å². The highest BCUT2D eigenvalue weighted by atomic mass is 35.5. The largest absolute Gasteiger partial charge is 0.465 e. The van der Waals surface area contributed by atoms with Gasteiger partial charge in [-0.25, -0.2) is 4.79 Å². The number of halogens is 1. The van der Waals surface area contributed by atoms with Crippen molar-refractivity contribution in [3.8, 4) is 0 Å². The first kappa shape index (κ1) is 9.45. The molecule has 0 aliphatic carbocycles. The van der Waals surface area contributed by atoms with Crippen LogP contribution in [0.2, 0.25) is 0 Å². The van der Waals surface area contributed by atoms with Gasteiger partial charge in [0.05, 0.1) is 13.0 Å². The summed E-state index contributed by atoms with van der Waals surface area (Å²) in [5, 5.41) is 0. The standard InChI is InChI=1S/C4H5ClO4S/c1-9-4(6)3(2-5)10(7)8/h2H2,1H3. The summed E-state index contributed by atoms with van der Waals surface area (Å²) < 4.78 is 24.3. The summed E-state index contributed by atoms with van der Waals surface area (Å²) in [7, 11) is -1.49. The van der Waals surface area contributed by atoms with Crippen molar-refractivity contribution < 1.29 is 17.9 Å². The summed E-state index contributed by atoms with van der Waals surface area (Å²) in [4.78, 5) is 9.99. The maximum Gasteiger partial charge on any atom is 0.350 e. The maximum absolute atomic E-state index is 10.4. The minimum atomic E-state index is -2.57. The lowest BCUT2D eigenvalue weighted by Gasteiger charge is -1.92. The molecule has 0 rings (SSSR count). The third-order valence-corrected chi connectivity index (χ3v) is 1.87. The smallest absolute Gasteiger partial charge is 0.350 e. The Hall–Kier alpha value is -0.550. The van der Waals surface area contributed by atoms with E-state index in [0.717, 1.165) is 7.11 Å². The highest BCUT2D eigenvalue weighted by Gasteiger charge is 2.10. The molecule has 10 heavy (non-hydrogen) atoms. The van der Waals surface area contributed by atoms with Gasteiger partial charge in [-0.3, -0.25) is 0 Å². The van der Waals surface area contributed by atoms with Crippen LogP contribution in [0.4, 0.5) is 0 Å². The molecule has 0 N–H and O–H groups in total. The van der Waals surface area contributed by atoms with E-state index in [1.54, 1.807) is 0 Å². The molecule has 0 bridgehead atoms. The average Bonchev–Trinajstić information content (AvgIpc) is 1.88. The van der Waals surface area contributed by atoms with E-state index in [0.29, 0.717) is 0 Å². The first-order valence-electron chi connectivity index (χ1n) is 2.22. The number of carbonyl (C=O) groups excluding carboxylic acids is 1. The van der Waals surface area contributed by atoms with E-state index in [4.69, 9.17) is 11.6 Å². The second-order valence-corrected chi connectivity index (χ2v) is 2.51. The molecule has 0 spiro atoms. The van der Waals surface area contributed by atoms with E-state index >= 15 is 0 Å². The predicted molar refractivity (Wildman–Crippen MR) is 36.7 cm³/mol. The molecule has 0 aliphatic heterocycles. The van der Waals surface area contributed by atoms with Gasteiger partial charge in [-0.15, -0.1) is 11.6 Å². The van der Waals surface area contributed by atoms with Crippen molar-refractivity contribution in [1.29, 1.82) is 0 Å². The Morgan fingerprint density at radius 3 is 2.20 bits per heavy atom. The Morgan fingerprint density at radius 2 is 2.10 bits per heavy atom. The zero-order valence-electron chi connectivity index (χ0n) is 5.13. The van der Waals surface area contributed by atoms with E-state index < -0.39 is 21.1 Å². The highest BCUT2D eigenvalue weighted by Crippen LogP contribution is 1.83. The van der Waals surface area contributed by atoms with Crippen LogP contribution in [0, 0.1) is 0 Å². The Labute approximate surface area is 64.3 Å². The normalized spacial score (nSPS) is 8.60. The van der Waals surface area contributed by atoms with Crippen LogP contribution in [0.1, 0.15) is 0 Å². The van der Waals surface area contributed by atoms with Crippen molar-refractivity contribution in [3.05, 3.63) is 0 Å². The van der Waals surface area contributed by atoms with Gasteiger partial charge < -0.3 is 4.74 Å². The molecule has 58 valence electrons. The third kappa shape index (κ3) is 2.36. The lowest BCUT2D eigenvalue weighted by molar-refractivity contribution is -0.132. The number of alkyl halides is 1. The van der Waals surface area contributed by atoms with Crippen LogP contribution in [0.15, 0.2) is 0 Å². The fraction of sp³-hybridized carbons (Fsp3) is 0.500. The van der Waals surface area contributed by atoms with Gasteiger partial charge in [0.25, 0.3) is 0 Å². The number of carbonyl (C=O) groups is 1. The lowest BCUT2D eigenvalue weighted by Crippen LogP contribution is -2.17. The molecule has 0 aromatic heterocycles. The molecule has 0 unspecified atom stereocenters. The second kappa shape index (κ2) is 4.29. The number of rotatable bonds is 2.